The van der Waals surface area contributed by atoms with Crippen LogP contribution in [0, 0.1) is 6.92 Å². The molecule has 3 rings (SSSR count). The molecule has 6 nitrogen and oxygen atoms in total. The standard InChI is InChI=1S/C23H23NO5S2/c1-14-5-7-16(8-6-14)13-29-18-10-9-17(11-19(18)27-3)12-20-21(25)24(23(30)31-20)15(2)22(26)28-4/h5-12,15H,13H2,1-4H3/b20-12-. The number of hydrogen-bond donors (Lipinski definition) is 0. The van der Waals surface area contributed by atoms with Crippen molar-refractivity contribution in [2.45, 2.75) is 26.5 Å². The number of amides is 1. The van der Waals surface area contributed by atoms with Gasteiger partial charge in [-0.1, -0.05) is 59.9 Å². The van der Waals surface area contributed by atoms with Crippen molar-refractivity contribution in [1.82, 2.24) is 4.90 Å². The summed E-state index contributed by atoms with van der Waals surface area (Å²) in [5.74, 6) is 0.312. The lowest BCUT2D eigenvalue weighted by atomic mass is 10.1. The zero-order valence-electron chi connectivity index (χ0n) is 17.7. The highest BCUT2D eigenvalue weighted by Crippen LogP contribution is 2.36. The van der Waals surface area contributed by atoms with Crippen molar-refractivity contribution in [1.29, 1.82) is 0 Å². The largest absolute Gasteiger partial charge is 0.493 e. The minimum Gasteiger partial charge on any atom is -0.493 e. The Morgan fingerprint density at radius 2 is 1.87 bits per heavy atom. The second kappa shape index (κ2) is 9.98. The molecule has 1 atom stereocenters. The first-order valence-electron chi connectivity index (χ1n) is 9.55. The summed E-state index contributed by atoms with van der Waals surface area (Å²) >= 11 is 6.44. The van der Waals surface area contributed by atoms with Gasteiger partial charge in [-0.3, -0.25) is 9.69 Å². The molecule has 0 N–H and O–H groups in total. The number of esters is 1. The summed E-state index contributed by atoms with van der Waals surface area (Å²) in [5, 5.41) is 0. The Balaban J connectivity index is 1.76. The van der Waals surface area contributed by atoms with Crippen LogP contribution in [0.3, 0.4) is 0 Å². The van der Waals surface area contributed by atoms with Gasteiger partial charge in [0.1, 0.15) is 17.0 Å². The van der Waals surface area contributed by atoms with E-state index in [1.54, 1.807) is 32.2 Å². The second-order valence-electron chi connectivity index (χ2n) is 6.94. The zero-order chi connectivity index (χ0) is 22.5. The van der Waals surface area contributed by atoms with E-state index in [0.717, 1.165) is 22.9 Å². The highest BCUT2D eigenvalue weighted by atomic mass is 32.2. The van der Waals surface area contributed by atoms with E-state index in [2.05, 4.69) is 0 Å². The Labute approximate surface area is 191 Å². The molecule has 0 bridgehead atoms. The third-order valence-electron chi connectivity index (χ3n) is 4.75. The third kappa shape index (κ3) is 5.26. The first-order valence-corrected chi connectivity index (χ1v) is 10.8. The van der Waals surface area contributed by atoms with E-state index < -0.39 is 12.0 Å². The highest BCUT2D eigenvalue weighted by molar-refractivity contribution is 8.26. The van der Waals surface area contributed by atoms with E-state index >= 15 is 0 Å². The van der Waals surface area contributed by atoms with E-state index in [9.17, 15) is 9.59 Å². The molecule has 8 heteroatoms. The van der Waals surface area contributed by atoms with Gasteiger partial charge in [0.2, 0.25) is 0 Å². The summed E-state index contributed by atoms with van der Waals surface area (Å²) in [7, 11) is 2.84. The van der Waals surface area contributed by atoms with Crippen LogP contribution in [0.2, 0.25) is 0 Å². The number of benzene rings is 2. The fraction of sp³-hybridized carbons (Fsp3) is 0.261. The molecule has 162 valence electrons. The molecule has 2 aromatic carbocycles. The number of nitrogens with zero attached hydrogens (tertiary/aromatic N) is 1. The zero-order valence-corrected chi connectivity index (χ0v) is 19.3. The summed E-state index contributed by atoms with van der Waals surface area (Å²) in [6.07, 6.45) is 1.72. The van der Waals surface area contributed by atoms with Crippen LogP contribution >= 0.6 is 24.0 Å². The molecule has 1 saturated heterocycles. The molecular weight excluding hydrogens is 434 g/mol. The molecule has 31 heavy (non-hydrogen) atoms. The maximum absolute atomic E-state index is 12.8. The van der Waals surface area contributed by atoms with Gasteiger partial charge in [0, 0.05) is 0 Å². The third-order valence-corrected chi connectivity index (χ3v) is 6.08. The molecule has 0 saturated carbocycles. The van der Waals surface area contributed by atoms with Gasteiger partial charge in [-0.05, 0) is 43.2 Å². The van der Waals surface area contributed by atoms with Gasteiger partial charge in [0.15, 0.2) is 11.5 Å². The van der Waals surface area contributed by atoms with Crippen LogP contribution in [-0.4, -0.2) is 41.4 Å². The van der Waals surface area contributed by atoms with Crippen molar-refractivity contribution in [3.05, 3.63) is 64.1 Å². The second-order valence-corrected chi connectivity index (χ2v) is 8.61. The predicted octanol–water partition coefficient (Wildman–Crippen LogP) is 4.35. The van der Waals surface area contributed by atoms with Crippen molar-refractivity contribution in [2.24, 2.45) is 0 Å². The molecule has 0 radical (unpaired) electrons. The molecule has 0 spiro atoms. The van der Waals surface area contributed by atoms with Gasteiger partial charge in [-0.15, -0.1) is 0 Å². The smallest absolute Gasteiger partial charge is 0.328 e. The average Bonchev–Trinajstić information content (AvgIpc) is 3.05. The van der Waals surface area contributed by atoms with E-state index in [4.69, 9.17) is 26.4 Å². The number of carbonyl (C=O) groups excluding carboxylic acids is 2. The first kappa shape index (κ1) is 22.8. The summed E-state index contributed by atoms with van der Waals surface area (Å²) in [6, 6.07) is 12.8. The molecule has 2 aromatic rings. The van der Waals surface area contributed by atoms with E-state index in [-0.39, 0.29) is 5.91 Å². The van der Waals surface area contributed by atoms with Crippen LogP contribution in [0.5, 0.6) is 11.5 Å². The average molecular weight is 458 g/mol. The quantitative estimate of drug-likeness (QED) is 0.348. The summed E-state index contributed by atoms with van der Waals surface area (Å²) in [6.45, 7) is 4.04. The van der Waals surface area contributed by atoms with E-state index in [0.29, 0.717) is 27.3 Å². The Bertz CT molecular complexity index is 1030. The number of hydrogen-bond acceptors (Lipinski definition) is 7. The molecular formula is C23H23NO5S2. The minimum absolute atomic E-state index is 0.319. The van der Waals surface area contributed by atoms with Crippen molar-refractivity contribution in [3.63, 3.8) is 0 Å². The van der Waals surface area contributed by atoms with Gasteiger partial charge in [-0.25, -0.2) is 4.79 Å². The fourth-order valence-electron chi connectivity index (χ4n) is 2.98. The van der Waals surface area contributed by atoms with Crippen molar-refractivity contribution in [3.8, 4) is 11.5 Å². The van der Waals surface area contributed by atoms with Gasteiger partial charge >= 0.3 is 5.97 Å². The van der Waals surface area contributed by atoms with Gasteiger partial charge in [-0.2, -0.15) is 0 Å². The molecule has 0 aromatic heterocycles. The van der Waals surface area contributed by atoms with Crippen LogP contribution in [0.1, 0.15) is 23.6 Å². The maximum atomic E-state index is 12.8. The summed E-state index contributed by atoms with van der Waals surface area (Å²) in [5.41, 5.74) is 3.00. The number of rotatable bonds is 7. The molecule has 0 aliphatic carbocycles. The Morgan fingerprint density at radius 3 is 2.52 bits per heavy atom. The van der Waals surface area contributed by atoms with Gasteiger partial charge in [0.05, 0.1) is 19.1 Å². The number of thiocarbonyl (C=S) groups is 1. The molecule has 1 unspecified atom stereocenters. The summed E-state index contributed by atoms with van der Waals surface area (Å²) in [4.78, 5) is 26.3. The monoisotopic (exact) mass is 457 g/mol. The maximum Gasteiger partial charge on any atom is 0.328 e. The molecule has 1 aliphatic heterocycles. The van der Waals surface area contributed by atoms with Crippen molar-refractivity contribution in [2.75, 3.05) is 14.2 Å². The lowest BCUT2D eigenvalue weighted by Crippen LogP contribution is -2.42. The number of ether oxygens (including phenoxy) is 3. The van der Waals surface area contributed by atoms with Crippen LogP contribution in [-0.2, 0) is 20.9 Å². The molecule has 1 aliphatic rings. The van der Waals surface area contributed by atoms with Gasteiger partial charge in [0.25, 0.3) is 5.91 Å². The van der Waals surface area contributed by atoms with E-state index in [1.165, 1.54) is 17.6 Å². The highest BCUT2D eigenvalue weighted by Gasteiger charge is 2.38. The molecule has 1 fully saturated rings. The van der Waals surface area contributed by atoms with Crippen molar-refractivity contribution >= 4 is 46.3 Å². The normalized spacial score (nSPS) is 15.9. The lowest BCUT2D eigenvalue weighted by Gasteiger charge is -2.20. The van der Waals surface area contributed by atoms with E-state index in [1.807, 2.05) is 37.3 Å². The molecule has 1 heterocycles. The number of aryl methyl sites for hydroxylation is 1. The number of carbonyl (C=O) groups is 2. The Kier molecular flexibility index (Phi) is 7.35. The van der Waals surface area contributed by atoms with Crippen LogP contribution in [0.25, 0.3) is 6.08 Å². The van der Waals surface area contributed by atoms with Crippen LogP contribution < -0.4 is 9.47 Å². The Hall–Kier alpha value is -2.84. The lowest BCUT2D eigenvalue weighted by molar-refractivity contribution is -0.147. The number of thioether (sulfide) groups is 1. The SMILES string of the molecule is COC(=O)C(C)N1C(=O)/C(=C/c2ccc(OCc3ccc(C)cc3)c(OC)c2)SC1=S. The fourth-order valence-corrected chi connectivity index (χ4v) is 4.40. The minimum atomic E-state index is -0.782. The Morgan fingerprint density at radius 1 is 1.16 bits per heavy atom. The van der Waals surface area contributed by atoms with Crippen LogP contribution in [0.15, 0.2) is 47.4 Å². The van der Waals surface area contributed by atoms with Crippen LogP contribution in [0.4, 0.5) is 0 Å². The number of methoxy groups -OCH3 is 2. The topological polar surface area (TPSA) is 65.1 Å². The summed E-state index contributed by atoms with van der Waals surface area (Å²) < 4.78 is 16.4. The van der Waals surface area contributed by atoms with Crippen molar-refractivity contribution < 1.29 is 23.8 Å². The first-order chi connectivity index (χ1) is 14.8. The predicted molar refractivity (Wildman–Crippen MR) is 125 cm³/mol. The van der Waals surface area contributed by atoms with Gasteiger partial charge < -0.3 is 14.2 Å². The molecule has 1 amide bonds.